The van der Waals surface area contributed by atoms with E-state index in [4.69, 9.17) is 0 Å². The topological polar surface area (TPSA) is 80.1 Å². The third kappa shape index (κ3) is 3.30. The number of carbonyl (C=O) groups is 1. The molecule has 0 bridgehead atoms. The number of benzene rings is 1. The highest BCUT2D eigenvalue weighted by atomic mass is 32.1. The second-order valence-electron chi connectivity index (χ2n) is 6.08. The number of hydrogen-bond donors (Lipinski definition) is 1. The molecule has 7 nitrogen and oxygen atoms in total. The number of nitrogens with zero attached hydrogens (tertiary/aromatic N) is 4. The van der Waals surface area contributed by atoms with Crippen LogP contribution in [0, 0.1) is 5.82 Å². The summed E-state index contributed by atoms with van der Waals surface area (Å²) in [6, 6.07) is 5.59. The molecule has 1 fully saturated rings. The van der Waals surface area contributed by atoms with Crippen LogP contribution in [-0.4, -0.2) is 33.5 Å². The summed E-state index contributed by atoms with van der Waals surface area (Å²) in [5.74, 6) is -0.870. The maximum absolute atomic E-state index is 13.2. The number of anilines is 2. The maximum Gasteiger partial charge on any atom is 0.273 e. The Kier molecular flexibility index (Phi) is 4.37. The molecule has 0 saturated carbocycles. The van der Waals surface area contributed by atoms with Gasteiger partial charge in [-0.1, -0.05) is 17.4 Å². The molecule has 1 aliphatic rings. The normalized spacial score (nSPS) is 14.1. The van der Waals surface area contributed by atoms with E-state index in [1.807, 2.05) is 0 Å². The lowest BCUT2D eigenvalue weighted by atomic mass is 10.3. The molecule has 0 radical (unpaired) electrons. The molecule has 1 saturated heterocycles. The van der Waals surface area contributed by atoms with E-state index < -0.39 is 11.7 Å². The number of nitrogens with one attached hydrogen (secondary N) is 1. The van der Waals surface area contributed by atoms with Crippen LogP contribution in [0.2, 0.25) is 0 Å². The first-order valence-corrected chi connectivity index (χ1v) is 9.08. The molecule has 1 aromatic carbocycles. The summed E-state index contributed by atoms with van der Waals surface area (Å²) in [5.41, 5.74) is 0.447. The number of thiazole rings is 1. The van der Waals surface area contributed by atoms with Gasteiger partial charge in [-0.3, -0.25) is 14.2 Å². The molecule has 1 N–H and O–H groups in total. The van der Waals surface area contributed by atoms with Crippen molar-refractivity contribution >= 4 is 38.4 Å². The van der Waals surface area contributed by atoms with Crippen LogP contribution in [0.1, 0.15) is 12.8 Å². The average Bonchev–Trinajstić information content (AvgIpc) is 3.26. The van der Waals surface area contributed by atoms with Crippen LogP contribution in [0.4, 0.5) is 15.2 Å². The van der Waals surface area contributed by atoms with Gasteiger partial charge in [-0.15, -0.1) is 0 Å². The molecular formula is C17H16FN5O2S. The van der Waals surface area contributed by atoms with Crippen molar-refractivity contribution in [1.29, 1.82) is 0 Å². The van der Waals surface area contributed by atoms with E-state index in [1.54, 1.807) is 6.07 Å². The van der Waals surface area contributed by atoms with Gasteiger partial charge in [-0.05, 0) is 31.0 Å². The zero-order valence-electron chi connectivity index (χ0n) is 13.8. The van der Waals surface area contributed by atoms with Crippen molar-refractivity contribution in [3.05, 3.63) is 46.8 Å². The molecule has 3 aromatic rings. The molecule has 2 aromatic heterocycles. The van der Waals surface area contributed by atoms with Crippen LogP contribution in [0.5, 0.6) is 0 Å². The van der Waals surface area contributed by atoms with Crippen molar-refractivity contribution in [2.45, 2.75) is 19.4 Å². The molecule has 0 aliphatic carbocycles. The molecule has 1 amide bonds. The number of carbonyl (C=O) groups excluding carboxylic acids is 1. The Hall–Kier alpha value is -2.81. The van der Waals surface area contributed by atoms with E-state index in [1.165, 1.54) is 40.4 Å². The number of amides is 1. The van der Waals surface area contributed by atoms with Gasteiger partial charge in [0, 0.05) is 18.8 Å². The fourth-order valence-electron chi connectivity index (χ4n) is 2.91. The van der Waals surface area contributed by atoms with E-state index in [0.29, 0.717) is 16.0 Å². The minimum Gasteiger partial charge on any atom is -0.348 e. The summed E-state index contributed by atoms with van der Waals surface area (Å²) >= 11 is 1.31. The minimum absolute atomic E-state index is 0.199. The Labute approximate surface area is 152 Å². The predicted octanol–water partition coefficient (Wildman–Crippen LogP) is 2.23. The molecule has 1 aliphatic heterocycles. The van der Waals surface area contributed by atoms with Gasteiger partial charge < -0.3 is 10.2 Å². The fraction of sp³-hybridized carbons (Fsp3) is 0.294. The second-order valence-corrected chi connectivity index (χ2v) is 7.06. The van der Waals surface area contributed by atoms with Crippen molar-refractivity contribution in [2.75, 3.05) is 23.3 Å². The van der Waals surface area contributed by atoms with E-state index in [0.717, 1.165) is 31.1 Å². The van der Waals surface area contributed by atoms with E-state index in [2.05, 4.69) is 20.2 Å². The van der Waals surface area contributed by atoms with Gasteiger partial charge in [0.25, 0.3) is 5.56 Å². The van der Waals surface area contributed by atoms with Gasteiger partial charge in [0.05, 0.1) is 0 Å². The van der Waals surface area contributed by atoms with Crippen molar-refractivity contribution in [1.82, 2.24) is 14.5 Å². The zero-order chi connectivity index (χ0) is 18.1. The largest absolute Gasteiger partial charge is 0.348 e. The molecule has 3 heterocycles. The van der Waals surface area contributed by atoms with Crippen molar-refractivity contribution < 1.29 is 9.18 Å². The first kappa shape index (κ1) is 16.6. The summed E-state index contributed by atoms with van der Waals surface area (Å²) < 4.78 is 14.9. The van der Waals surface area contributed by atoms with Crippen LogP contribution < -0.4 is 15.8 Å². The van der Waals surface area contributed by atoms with E-state index >= 15 is 0 Å². The smallest absolute Gasteiger partial charge is 0.273 e. The standard InChI is InChI=1S/C17H16FN5O2S/c18-11-4-3-5-12(8-11)20-13(24)9-23-10-19-15-14(16(23)25)26-17(21-15)22-6-1-2-7-22/h3-5,8,10H,1-2,6-7,9H2,(H,20,24). The van der Waals surface area contributed by atoms with Crippen molar-refractivity contribution in [3.8, 4) is 0 Å². The molecule has 0 atom stereocenters. The SMILES string of the molecule is O=C(Cn1cnc2nc(N3CCCC3)sc2c1=O)Nc1cccc(F)c1. The average molecular weight is 373 g/mol. The van der Waals surface area contributed by atoms with Crippen molar-refractivity contribution in [2.24, 2.45) is 0 Å². The van der Waals surface area contributed by atoms with Crippen LogP contribution in [0.3, 0.4) is 0 Å². The molecule has 0 spiro atoms. The number of hydrogen-bond acceptors (Lipinski definition) is 6. The van der Waals surface area contributed by atoms with Crippen LogP contribution >= 0.6 is 11.3 Å². The van der Waals surface area contributed by atoms with E-state index in [-0.39, 0.29) is 12.1 Å². The van der Waals surface area contributed by atoms with Gasteiger partial charge in [-0.2, -0.15) is 4.98 Å². The van der Waals surface area contributed by atoms with Crippen LogP contribution in [0.15, 0.2) is 35.4 Å². The molecule has 26 heavy (non-hydrogen) atoms. The number of aromatic nitrogens is 3. The van der Waals surface area contributed by atoms with E-state index in [9.17, 15) is 14.0 Å². The van der Waals surface area contributed by atoms with Gasteiger partial charge in [-0.25, -0.2) is 9.37 Å². The van der Waals surface area contributed by atoms with Gasteiger partial charge >= 0.3 is 0 Å². The van der Waals surface area contributed by atoms with Gasteiger partial charge in [0.2, 0.25) is 5.91 Å². The highest BCUT2D eigenvalue weighted by molar-refractivity contribution is 7.22. The number of fused-ring (bicyclic) bond motifs is 1. The number of halogens is 1. The summed E-state index contributed by atoms with van der Waals surface area (Å²) in [6.07, 6.45) is 3.56. The lowest BCUT2D eigenvalue weighted by Crippen LogP contribution is -2.27. The Morgan fingerprint density at radius 1 is 1.31 bits per heavy atom. The first-order chi connectivity index (χ1) is 12.6. The zero-order valence-corrected chi connectivity index (χ0v) is 14.6. The highest BCUT2D eigenvalue weighted by Crippen LogP contribution is 2.27. The summed E-state index contributed by atoms with van der Waals surface area (Å²) in [4.78, 5) is 35.6. The van der Waals surface area contributed by atoms with Gasteiger partial charge in [0.1, 0.15) is 23.4 Å². The number of rotatable bonds is 4. The molecule has 9 heteroatoms. The molecule has 134 valence electrons. The molecule has 0 unspecified atom stereocenters. The third-order valence-electron chi connectivity index (χ3n) is 4.17. The Bertz CT molecular complexity index is 1030. The van der Waals surface area contributed by atoms with Gasteiger partial charge in [0.15, 0.2) is 10.8 Å². The Morgan fingerprint density at radius 2 is 2.12 bits per heavy atom. The minimum atomic E-state index is -0.442. The van der Waals surface area contributed by atoms with Crippen LogP contribution in [0.25, 0.3) is 10.3 Å². The lowest BCUT2D eigenvalue weighted by molar-refractivity contribution is -0.116. The first-order valence-electron chi connectivity index (χ1n) is 8.26. The lowest BCUT2D eigenvalue weighted by Gasteiger charge is -2.11. The van der Waals surface area contributed by atoms with Crippen molar-refractivity contribution in [3.63, 3.8) is 0 Å². The quantitative estimate of drug-likeness (QED) is 0.759. The fourth-order valence-corrected chi connectivity index (χ4v) is 3.93. The second kappa shape index (κ2) is 6.83. The van der Waals surface area contributed by atoms with Crippen LogP contribution in [-0.2, 0) is 11.3 Å². The highest BCUT2D eigenvalue weighted by Gasteiger charge is 2.19. The Morgan fingerprint density at radius 3 is 2.88 bits per heavy atom. The molecular weight excluding hydrogens is 357 g/mol. The monoisotopic (exact) mass is 373 g/mol. The summed E-state index contributed by atoms with van der Waals surface area (Å²) in [6.45, 7) is 1.67. The third-order valence-corrected chi connectivity index (χ3v) is 5.26. The summed E-state index contributed by atoms with van der Waals surface area (Å²) in [7, 11) is 0. The molecule has 4 rings (SSSR count). The predicted molar refractivity (Wildman–Crippen MR) is 98.2 cm³/mol. The maximum atomic E-state index is 13.2. The summed E-state index contributed by atoms with van der Waals surface area (Å²) in [5, 5.41) is 3.37. The Balaban J connectivity index is 1.55.